The lowest BCUT2D eigenvalue weighted by atomic mass is 10.0. The summed E-state index contributed by atoms with van der Waals surface area (Å²) in [5, 5.41) is 0.377. The van der Waals surface area contributed by atoms with E-state index >= 15 is 0 Å². The van der Waals surface area contributed by atoms with E-state index in [-0.39, 0.29) is 11.9 Å². The molecule has 5 heteroatoms. The number of aromatic nitrogens is 2. The average molecular weight is 252 g/mol. The van der Waals surface area contributed by atoms with Crippen molar-refractivity contribution < 1.29 is 4.39 Å². The molecule has 0 bridgehead atoms. The molecule has 3 nitrogen and oxygen atoms in total. The Kier molecular flexibility index (Phi) is 3.66. The molecule has 17 heavy (non-hydrogen) atoms. The van der Waals surface area contributed by atoms with E-state index in [1.807, 2.05) is 0 Å². The van der Waals surface area contributed by atoms with Crippen LogP contribution in [0.5, 0.6) is 0 Å². The summed E-state index contributed by atoms with van der Waals surface area (Å²) < 4.78 is 13.6. The van der Waals surface area contributed by atoms with E-state index in [0.717, 1.165) is 0 Å². The Hall–Kier alpha value is -1.52. The highest BCUT2D eigenvalue weighted by molar-refractivity contribution is 6.30. The van der Waals surface area contributed by atoms with Crippen molar-refractivity contribution in [1.82, 2.24) is 9.97 Å². The van der Waals surface area contributed by atoms with Crippen LogP contribution >= 0.6 is 11.6 Å². The van der Waals surface area contributed by atoms with Crippen LogP contribution in [0.4, 0.5) is 4.39 Å². The molecule has 0 aliphatic heterocycles. The van der Waals surface area contributed by atoms with Gasteiger partial charge < -0.3 is 5.73 Å². The second-order valence-electron chi connectivity index (χ2n) is 3.68. The van der Waals surface area contributed by atoms with E-state index in [1.54, 1.807) is 24.4 Å². The molecule has 0 saturated heterocycles. The zero-order valence-corrected chi connectivity index (χ0v) is 9.73. The molecule has 1 unspecified atom stereocenters. The Bertz CT molecular complexity index is 504. The van der Waals surface area contributed by atoms with Crippen LogP contribution < -0.4 is 5.73 Å². The van der Waals surface area contributed by atoms with Gasteiger partial charge in [-0.3, -0.25) is 0 Å². The predicted octanol–water partition coefficient (Wildman–Crippen LogP) is 2.51. The lowest BCUT2D eigenvalue weighted by Crippen LogP contribution is -2.15. The molecular weight excluding hydrogens is 241 g/mol. The van der Waals surface area contributed by atoms with Gasteiger partial charge in [0.2, 0.25) is 0 Å². The third kappa shape index (κ3) is 2.99. The van der Waals surface area contributed by atoms with Gasteiger partial charge in [0.05, 0.1) is 11.7 Å². The summed E-state index contributed by atoms with van der Waals surface area (Å²) in [6.07, 6.45) is 3.41. The van der Waals surface area contributed by atoms with Crippen LogP contribution in [0.15, 0.2) is 36.8 Å². The van der Waals surface area contributed by atoms with Crippen molar-refractivity contribution in [3.63, 3.8) is 0 Å². The minimum atomic E-state index is -0.353. The highest BCUT2D eigenvalue weighted by atomic mass is 35.5. The smallest absolute Gasteiger partial charge is 0.127 e. The van der Waals surface area contributed by atoms with Crippen molar-refractivity contribution in [3.05, 3.63) is 58.9 Å². The van der Waals surface area contributed by atoms with Gasteiger partial charge in [0, 0.05) is 11.2 Å². The molecule has 1 aromatic carbocycles. The van der Waals surface area contributed by atoms with Crippen LogP contribution in [0, 0.1) is 5.82 Å². The maximum Gasteiger partial charge on any atom is 0.127 e. The summed E-state index contributed by atoms with van der Waals surface area (Å²) in [6, 6.07) is 5.93. The Morgan fingerprint density at radius 2 is 2.18 bits per heavy atom. The standard InChI is InChI=1S/C12H11ClFN3/c13-9-2-1-8(10(14)6-9)5-11(15)12-3-4-16-7-17-12/h1-4,6-7,11H,5,15H2. The van der Waals surface area contributed by atoms with Gasteiger partial charge in [-0.2, -0.15) is 0 Å². The summed E-state index contributed by atoms with van der Waals surface area (Å²) in [6.45, 7) is 0. The lowest BCUT2D eigenvalue weighted by molar-refractivity contribution is 0.589. The first-order valence-electron chi connectivity index (χ1n) is 5.12. The van der Waals surface area contributed by atoms with Gasteiger partial charge in [-0.25, -0.2) is 14.4 Å². The largest absolute Gasteiger partial charge is 0.322 e. The van der Waals surface area contributed by atoms with E-state index in [0.29, 0.717) is 22.7 Å². The van der Waals surface area contributed by atoms with Crippen molar-refractivity contribution in [1.29, 1.82) is 0 Å². The van der Waals surface area contributed by atoms with Gasteiger partial charge in [-0.05, 0) is 30.2 Å². The van der Waals surface area contributed by atoms with Crippen LogP contribution in [0.3, 0.4) is 0 Å². The number of hydrogen-bond acceptors (Lipinski definition) is 3. The van der Waals surface area contributed by atoms with Crippen molar-refractivity contribution in [2.24, 2.45) is 5.73 Å². The fraction of sp³-hybridized carbons (Fsp3) is 0.167. The highest BCUT2D eigenvalue weighted by Gasteiger charge is 2.11. The van der Waals surface area contributed by atoms with Crippen LogP contribution in [0.2, 0.25) is 5.02 Å². The molecular formula is C12H11ClFN3. The summed E-state index contributed by atoms with van der Waals surface area (Å²) in [5.41, 5.74) is 7.16. The average Bonchev–Trinajstić information content (AvgIpc) is 2.34. The van der Waals surface area contributed by atoms with Crippen LogP contribution in [-0.4, -0.2) is 9.97 Å². The van der Waals surface area contributed by atoms with E-state index < -0.39 is 0 Å². The van der Waals surface area contributed by atoms with Crippen LogP contribution in [0.25, 0.3) is 0 Å². The molecule has 0 aliphatic rings. The third-order valence-corrected chi connectivity index (χ3v) is 2.67. The number of halogens is 2. The fourth-order valence-corrected chi connectivity index (χ4v) is 1.71. The summed E-state index contributed by atoms with van der Waals surface area (Å²) in [7, 11) is 0. The quantitative estimate of drug-likeness (QED) is 0.912. The first-order valence-corrected chi connectivity index (χ1v) is 5.50. The van der Waals surface area contributed by atoms with Crippen molar-refractivity contribution in [2.45, 2.75) is 12.5 Å². The first-order chi connectivity index (χ1) is 8.16. The van der Waals surface area contributed by atoms with Gasteiger partial charge in [0.15, 0.2) is 0 Å². The minimum Gasteiger partial charge on any atom is -0.322 e. The van der Waals surface area contributed by atoms with Gasteiger partial charge in [-0.1, -0.05) is 17.7 Å². The van der Waals surface area contributed by atoms with Crippen molar-refractivity contribution >= 4 is 11.6 Å². The van der Waals surface area contributed by atoms with Crippen LogP contribution in [0.1, 0.15) is 17.3 Å². The molecule has 2 rings (SSSR count). The first kappa shape index (κ1) is 12.0. The van der Waals surface area contributed by atoms with E-state index in [9.17, 15) is 4.39 Å². The fourth-order valence-electron chi connectivity index (χ4n) is 1.55. The molecule has 1 heterocycles. The molecule has 0 fully saturated rings. The molecule has 1 aromatic heterocycles. The summed E-state index contributed by atoms with van der Waals surface area (Å²) >= 11 is 5.68. The number of nitrogens with zero attached hydrogens (tertiary/aromatic N) is 2. The molecule has 1 atom stereocenters. The maximum atomic E-state index is 13.6. The summed E-state index contributed by atoms with van der Waals surface area (Å²) in [4.78, 5) is 7.84. The zero-order chi connectivity index (χ0) is 12.3. The minimum absolute atomic E-state index is 0.345. The van der Waals surface area contributed by atoms with E-state index in [2.05, 4.69) is 9.97 Å². The van der Waals surface area contributed by atoms with E-state index in [1.165, 1.54) is 12.4 Å². The maximum absolute atomic E-state index is 13.6. The van der Waals surface area contributed by atoms with Crippen molar-refractivity contribution in [2.75, 3.05) is 0 Å². The van der Waals surface area contributed by atoms with Crippen LogP contribution in [-0.2, 0) is 6.42 Å². The molecule has 0 spiro atoms. The highest BCUT2D eigenvalue weighted by Crippen LogP contribution is 2.19. The molecule has 88 valence electrons. The normalized spacial score (nSPS) is 12.4. The van der Waals surface area contributed by atoms with Gasteiger partial charge in [0.25, 0.3) is 0 Å². The van der Waals surface area contributed by atoms with Gasteiger partial charge in [0.1, 0.15) is 12.1 Å². The predicted molar refractivity (Wildman–Crippen MR) is 64.1 cm³/mol. The number of hydrogen-bond donors (Lipinski definition) is 1. The number of benzene rings is 1. The summed E-state index contributed by atoms with van der Waals surface area (Å²) in [5.74, 6) is -0.345. The van der Waals surface area contributed by atoms with Gasteiger partial charge in [-0.15, -0.1) is 0 Å². The van der Waals surface area contributed by atoms with Gasteiger partial charge >= 0.3 is 0 Å². The molecule has 0 aliphatic carbocycles. The Labute approximate surface area is 103 Å². The Morgan fingerprint density at radius 1 is 1.35 bits per heavy atom. The monoisotopic (exact) mass is 251 g/mol. The molecule has 2 aromatic rings. The second-order valence-corrected chi connectivity index (χ2v) is 4.12. The zero-order valence-electron chi connectivity index (χ0n) is 8.98. The topological polar surface area (TPSA) is 51.8 Å². The van der Waals surface area contributed by atoms with E-state index in [4.69, 9.17) is 17.3 Å². The molecule has 0 amide bonds. The third-order valence-electron chi connectivity index (χ3n) is 2.44. The Balaban J connectivity index is 2.16. The Morgan fingerprint density at radius 3 is 2.82 bits per heavy atom. The van der Waals surface area contributed by atoms with Crippen molar-refractivity contribution in [3.8, 4) is 0 Å². The molecule has 0 radical (unpaired) electrons. The second kappa shape index (κ2) is 5.21. The number of nitrogens with two attached hydrogens (primary N) is 1. The lowest BCUT2D eigenvalue weighted by Gasteiger charge is -2.11. The SMILES string of the molecule is NC(Cc1ccc(Cl)cc1F)c1ccncn1. The molecule has 0 saturated carbocycles. The number of rotatable bonds is 3. The molecule has 2 N–H and O–H groups in total.